The number of hydrogen-bond acceptors (Lipinski definition) is 9. The highest BCUT2D eigenvalue weighted by Gasteiger charge is 2.36. The third-order valence-electron chi connectivity index (χ3n) is 6.39. The Morgan fingerprint density at radius 3 is 2.66 bits per heavy atom. The predicted molar refractivity (Wildman–Crippen MR) is 123 cm³/mol. The van der Waals surface area contributed by atoms with Gasteiger partial charge < -0.3 is 19.3 Å². The average Bonchev–Trinajstić information content (AvgIpc) is 3.23. The van der Waals surface area contributed by atoms with Crippen molar-refractivity contribution in [2.24, 2.45) is 0 Å². The van der Waals surface area contributed by atoms with Crippen molar-refractivity contribution >= 4 is 5.70 Å². The number of alkyl halides is 3. The largest absolute Gasteiger partial charge is 0.573 e. The van der Waals surface area contributed by atoms with E-state index in [1.807, 2.05) is 7.05 Å². The summed E-state index contributed by atoms with van der Waals surface area (Å²) in [5, 5.41) is 12.1. The second-order valence-electron chi connectivity index (χ2n) is 8.90. The van der Waals surface area contributed by atoms with Gasteiger partial charge in [0.05, 0.1) is 6.54 Å². The van der Waals surface area contributed by atoms with Crippen molar-refractivity contribution in [1.82, 2.24) is 34.9 Å². The Bertz CT molecular complexity index is 1080. The molecule has 0 bridgehead atoms. The van der Waals surface area contributed by atoms with Gasteiger partial charge in [0.25, 0.3) is 0 Å². The van der Waals surface area contributed by atoms with E-state index in [4.69, 9.17) is 4.74 Å². The van der Waals surface area contributed by atoms with Crippen molar-refractivity contribution in [3.63, 3.8) is 0 Å². The molecular weight excluding hydrogens is 465 g/mol. The molecule has 0 spiro atoms. The first-order chi connectivity index (χ1) is 16.8. The zero-order chi connectivity index (χ0) is 24.6. The second kappa shape index (κ2) is 9.55. The summed E-state index contributed by atoms with van der Waals surface area (Å²) in [5.41, 5.74) is 4.60. The number of nitrogens with one attached hydrogen (secondary N) is 2. The lowest BCUT2D eigenvalue weighted by Gasteiger charge is -2.38. The Kier molecular flexibility index (Phi) is 6.47. The zero-order valence-electron chi connectivity index (χ0n) is 19.7. The van der Waals surface area contributed by atoms with Crippen molar-refractivity contribution in [3.05, 3.63) is 35.8 Å². The molecule has 1 atom stereocenters. The SMILES string of the molecule is CN1CCN(CCNC2Nn3c(nnc3-c3cccc(OC(F)(F)F)c3)C3=C2OCCN3C)CC1. The van der Waals surface area contributed by atoms with Crippen LogP contribution >= 0.6 is 0 Å². The third-order valence-corrected chi connectivity index (χ3v) is 6.39. The first kappa shape index (κ1) is 23.7. The van der Waals surface area contributed by atoms with E-state index in [1.54, 1.807) is 10.7 Å². The molecule has 0 radical (unpaired) electrons. The highest BCUT2D eigenvalue weighted by Crippen LogP contribution is 2.33. The van der Waals surface area contributed by atoms with Crippen LogP contribution in [0.2, 0.25) is 0 Å². The van der Waals surface area contributed by atoms with Crippen LogP contribution in [-0.2, 0) is 4.74 Å². The van der Waals surface area contributed by atoms with Gasteiger partial charge in [-0.1, -0.05) is 12.1 Å². The van der Waals surface area contributed by atoms with Crippen molar-refractivity contribution < 1.29 is 22.6 Å². The van der Waals surface area contributed by atoms with E-state index in [0.717, 1.165) is 50.7 Å². The van der Waals surface area contributed by atoms with Crippen LogP contribution in [0, 0.1) is 0 Å². The topological polar surface area (TPSA) is 83.0 Å². The fourth-order valence-corrected chi connectivity index (χ4v) is 4.51. The van der Waals surface area contributed by atoms with Crippen LogP contribution in [0.3, 0.4) is 0 Å². The van der Waals surface area contributed by atoms with Crippen LogP contribution in [0.5, 0.6) is 5.75 Å². The third kappa shape index (κ3) is 5.16. The molecule has 4 heterocycles. The minimum Gasteiger partial charge on any atom is -0.490 e. The van der Waals surface area contributed by atoms with Crippen LogP contribution < -0.4 is 15.5 Å². The Hall–Kier alpha value is -3.03. The van der Waals surface area contributed by atoms with Gasteiger partial charge in [-0.25, -0.2) is 4.68 Å². The summed E-state index contributed by atoms with van der Waals surface area (Å²) in [4.78, 5) is 6.79. The van der Waals surface area contributed by atoms with Gasteiger partial charge in [0.15, 0.2) is 17.7 Å². The number of fused-ring (bicyclic) bond motifs is 2. The lowest BCUT2D eigenvalue weighted by atomic mass is 10.1. The molecule has 2 aromatic rings. The van der Waals surface area contributed by atoms with Gasteiger partial charge in [-0.3, -0.25) is 15.6 Å². The fraction of sp³-hybridized carbons (Fsp3) is 0.545. The average molecular weight is 495 g/mol. The van der Waals surface area contributed by atoms with Crippen LogP contribution in [0.4, 0.5) is 13.2 Å². The fourth-order valence-electron chi connectivity index (χ4n) is 4.51. The summed E-state index contributed by atoms with van der Waals surface area (Å²) in [6.45, 7) is 7.01. The number of halogens is 3. The lowest BCUT2D eigenvalue weighted by molar-refractivity contribution is -0.274. The summed E-state index contributed by atoms with van der Waals surface area (Å²) >= 11 is 0. The van der Waals surface area contributed by atoms with E-state index >= 15 is 0 Å². The zero-order valence-corrected chi connectivity index (χ0v) is 19.7. The van der Waals surface area contributed by atoms with Gasteiger partial charge in [0.2, 0.25) is 5.82 Å². The second-order valence-corrected chi connectivity index (χ2v) is 8.90. The Balaban J connectivity index is 1.38. The molecule has 35 heavy (non-hydrogen) atoms. The number of aromatic nitrogens is 3. The highest BCUT2D eigenvalue weighted by molar-refractivity contribution is 5.68. The normalized spacial score (nSPS) is 21.3. The van der Waals surface area contributed by atoms with Crippen molar-refractivity contribution in [3.8, 4) is 17.1 Å². The number of nitrogens with zero attached hydrogens (tertiary/aromatic N) is 6. The van der Waals surface area contributed by atoms with E-state index in [2.05, 4.69) is 47.4 Å². The molecule has 13 heteroatoms. The van der Waals surface area contributed by atoms with Crippen molar-refractivity contribution in [2.45, 2.75) is 12.5 Å². The molecule has 0 saturated carbocycles. The summed E-state index contributed by atoms with van der Waals surface area (Å²) < 4.78 is 50.0. The van der Waals surface area contributed by atoms with Gasteiger partial charge in [0, 0.05) is 51.9 Å². The number of piperazine rings is 1. The number of ether oxygens (including phenoxy) is 2. The number of benzene rings is 1. The molecule has 3 aliphatic heterocycles. The first-order valence-electron chi connectivity index (χ1n) is 11.6. The molecule has 1 unspecified atom stereocenters. The summed E-state index contributed by atoms with van der Waals surface area (Å²) in [5.74, 6) is 1.33. The maximum Gasteiger partial charge on any atom is 0.573 e. The Labute approximate surface area is 201 Å². The maximum absolute atomic E-state index is 12.7. The monoisotopic (exact) mass is 494 g/mol. The van der Waals surface area contributed by atoms with E-state index < -0.39 is 6.36 Å². The van der Waals surface area contributed by atoms with Gasteiger partial charge in [-0.2, -0.15) is 0 Å². The van der Waals surface area contributed by atoms with E-state index in [0.29, 0.717) is 30.4 Å². The molecule has 3 aliphatic rings. The minimum atomic E-state index is -4.78. The summed E-state index contributed by atoms with van der Waals surface area (Å²) in [6.07, 6.45) is -5.13. The quantitative estimate of drug-likeness (QED) is 0.616. The minimum absolute atomic E-state index is 0.317. The predicted octanol–water partition coefficient (Wildman–Crippen LogP) is 1.19. The standard InChI is InChI=1S/C22H29F3N8O2/c1-30-8-10-32(11-9-30)7-6-26-19-18-17(31(2)12-13-34-18)21-28-27-20(33(21)29-19)15-4-3-5-16(14-15)35-22(23,24)25/h3-5,14,19,26,29H,6-13H2,1-2H3. The molecule has 1 aromatic carbocycles. The van der Waals surface area contributed by atoms with E-state index in [9.17, 15) is 13.2 Å². The number of rotatable bonds is 6. The molecular formula is C22H29F3N8O2. The molecule has 0 aliphatic carbocycles. The van der Waals surface area contributed by atoms with Crippen LogP contribution in [0.15, 0.2) is 30.0 Å². The Morgan fingerprint density at radius 1 is 1.11 bits per heavy atom. The lowest BCUT2D eigenvalue weighted by Crippen LogP contribution is -2.52. The smallest absolute Gasteiger partial charge is 0.490 e. The van der Waals surface area contributed by atoms with Gasteiger partial charge in [-0.05, 0) is 19.2 Å². The molecule has 1 fully saturated rings. The molecule has 5 rings (SSSR count). The van der Waals surface area contributed by atoms with E-state index in [1.165, 1.54) is 18.2 Å². The molecule has 190 valence electrons. The van der Waals surface area contributed by atoms with E-state index in [-0.39, 0.29) is 11.9 Å². The van der Waals surface area contributed by atoms with Gasteiger partial charge in [0.1, 0.15) is 18.1 Å². The molecule has 10 nitrogen and oxygen atoms in total. The molecule has 1 saturated heterocycles. The molecule has 0 amide bonds. The Morgan fingerprint density at radius 2 is 1.89 bits per heavy atom. The van der Waals surface area contributed by atoms with Crippen LogP contribution in [0.25, 0.3) is 17.1 Å². The van der Waals surface area contributed by atoms with Gasteiger partial charge >= 0.3 is 6.36 Å². The van der Waals surface area contributed by atoms with Crippen LogP contribution in [0.1, 0.15) is 5.82 Å². The summed E-state index contributed by atoms with van der Waals surface area (Å²) in [7, 11) is 4.09. The number of hydrogen-bond donors (Lipinski definition) is 2. The molecule has 2 N–H and O–H groups in total. The van der Waals surface area contributed by atoms with Crippen molar-refractivity contribution in [1.29, 1.82) is 0 Å². The van der Waals surface area contributed by atoms with Crippen molar-refractivity contribution in [2.75, 3.05) is 71.9 Å². The van der Waals surface area contributed by atoms with Crippen LogP contribution in [-0.4, -0.2) is 109 Å². The molecule has 1 aromatic heterocycles. The summed E-state index contributed by atoms with van der Waals surface area (Å²) in [6, 6.07) is 5.72. The first-order valence-corrected chi connectivity index (χ1v) is 11.6. The highest BCUT2D eigenvalue weighted by atomic mass is 19.4. The van der Waals surface area contributed by atoms with Gasteiger partial charge in [-0.15, -0.1) is 23.4 Å². The maximum atomic E-state index is 12.7. The number of likely N-dealkylation sites (N-methyl/N-ethyl adjacent to an activating group) is 2.